The monoisotopic (exact) mass is 396 g/mol. The Bertz CT molecular complexity index is 1030. The predicted octanol–water partition coefficient (Wildman–Crippen LogP) is 3.76. The Hall–Kier alpha value is -2.80. The zero-order valence-electron chi connectivity index (χ0n) is 15.9. The van der Waals surface area contributed by atoms with Gasteiger partial charge in [0.1, 0.15) is 5.75 Å². The first-order chi connectivity index (χ1) is 13.7. The number of rotatable bonds is 4. The van der Waals surface area contributed by atoms with E-state index >= 15 is 0 Å². The molecule has 4 rings (SSSR count). The van der Waals surface area contributed by atoms with E-state index in [9.17, 15) is 4.79 Å². The number of aromatic amines is 1. The lowest BCUT2D eigenvalue weighted by atomic mass is 10.0. The molecule has 0 saturated carbocycles. The van der Waals surface area contributed by atoms with E-state index in [1.165, 1.54) is 0 Å². The first-order valence-electron chi connectivity index (χ1n) is 9.64. The Morgan fingerprint density at radius 1 is 1.18 bits per heavy atom. The Morgan fingerprint density at radius 3 is 2.68 bits per heavy atom. The van der Waals surface area contributed by atoms with Crippen LogP contribution in [0.25, 0.3) is 11.0 Å². The second kappa shape index (κ2) is 8.06. The van der Waals surface area contributed by atoms with Crippen LogP contribution in [0.15, 0.2) is 53.3 Å². The number of nitrogens with zero attached hydrogens (tertiary/aromatic N) is 2. The minimum Gasteiger partial charge on any atom is -0.492 e. The molecule has 146 valence electrons. The Kier molecular flexibility index (Phi) is 5.34. The molecule has 6 nitrogen and oxygen atoms in total. The van der Waals surface area contributed by atoms with Gasteiger partial charge >= 0.3 is 5.69 Å². The van der Waals surface area contributed by atoms with Gasteiger partial charge in [-0.05, 0) is 56.2 Å². The highest BCUT2D eigenvalue weighted by Gasteiger charge is 2.25. The molecule has 0 unspecified atom stereocenters. The molecule has 7 heteroatoms. The number of nitrogens with one attached hydrogen (secondary N) is 2. The summed E-state index contributed by atoms with van der Waals surface area (Å²) in [6.07, 6.45) is 1.74. The Morgan fingerprint density at radius 2 is 1.89 bits per heavy atom. The number of hydrogen-bond donors (Lipinski definition) is 2. The maximum Gasteiger partial charge on any atom is 0.326 e. The van der Waals surface area contributed by atoms with Crippen LogP contribution in [0.5, 0.6) is 5.75 Å². The number of fused-ring (bicyclic) bond motifs is 1. The molecule has 1 aliphatic heterocycles. The lowest BCUT2D eigenvalue weighted by Gasteiger charge is -2.34. The highest BCUT2D eigenvalue weighted by atomic mass is 32.1. The van der Waals surface area contributed by atoms with Crippen molar-refractivity contribution in [2.75, 3.05) is 25.0 Å². The molecule has 0 amide bonds. The summed E-state index contributed by atoms with van der Waals surface area (Å²) in [6.45, 7) is 4.18. The van der Waals surface area contributed by atoms with Crippen molar-refractivity contribution in [2.24, 2.45) is 0 Å². The molecule has 1 aromatic heterocycles. The zero-order valence-corrected chi connectivity index (χ0v) is 16.7. The number of piperidine rings is 1. The van der Waals surface area contributed by atoms with E-state index < -0.39 is 0 Å². The third kappa shape index (κ3) is 3.62. The molecule has 2 heterocycles. The highest BCUT2D eigenvalue weighted by molar-refractivity contribution is 7.80. The summed E-state index contributed by atoms with van der Waals surface area (Å²) < 4.78 is 7.56. The van der Waals surface area contributed by atoms with E-state index in [0.717, 1.165) is 48.4 Å². The SMILES string of the molecule is CCOc1ccccc1NC(=S)N1CCC(n2c(=O)[nH]c3ccccc32)CC1. The fourth-order valence-corrected chi connectivity index (χ4v) is 4.10. The van der Waals surface area contributed by atoms with Crippen LogP contribution in [0.2, 0.25) is 0 Å². The van der Waals surface area contributed by atoms with Crippen LogP contribution in [0.4, 0.5) is 5.69 Å². The van der Waals surface area contributed by atoms with E-state index in [1.54, 1.807) is 0 Å². The number of hydrogen-bond acceptors (Lipinski definition) is 3. The summed E-state index contributed by atoms with van der Waals surface area (Å²) in [7, 11) is 0. The van der Waals surface area contributed by atoms with Crippen molar-refractivity contribution in [3.8, 4) is 5.75 Å². The van der Waals surface area contributed by atoms with Gasteiger partial charge < -0.3 is 19.9 Å². The van der Waals surface area contributed by atoms with Crippen molar-refractivity contribution in [3.63, 3.8) is 0 Å². The lowest BCUT2D eigenvalue weighted by molar-refractivity contribution is 0.269. The Balaban J connectivity index is 1.43. The summed E-state index contributed by atoms with van der Waals surface area (Å²) in [5, 5.41) is 4.00. The van der Waals surface area contributed by atoms with Crippen molar-refractivity contribution < 1.29 is 4.74 Å². The standard InChI is InChI=1S/C21H24N4O2S/c1-2-27-19-10-6-4-8-17(19)23-21(28)24-13-11-15(12-14-24)25-18-9-5-3-7-16(18)22-20(25)26/h3-10,15H,2,11-14H2,1H3,(H,22,26)(H,23,28). The molecule has 0 aliphatic carbocycles. The van der Waals surface area contributed by atoms with Crippen molar-refractivity contribution in [2.45, 2.75) is 25.8 Å². The number of thiocarbonyl (C=S) groups is 1. The molecule has 28 heavy (non-hydrogen) atoms. The van der Waals surface area contributed by atoms with Gasteiger partial charge in [0.05, 0.1) is 23.3 Å². The van der Waals surface area contributed by atoms with Gasteiger partial charge in [-0.2, -0.15) is 0 Å². The van der Waals surface area contributed by atoms with E-state index in [4.69, 9.17) is 17.0 Å². The van der Waals surface area contributed by atoms with Crippen LogP contribution in [0, 0.1) is 0 Å². The number of para-hydroxylation sites is 4. The number of H-pyrrole nitrogens is 1. The molecule has 2 N–H and O–H groups in total. The van der Waals surface area contributed by atoms with Gasteiger partial charge in [-0.1, -0.05) is 24.3 Å². The minimum absolute atomic E-state index is 0.0361. The van der Waals surface area contributed by atoms with Crippen LogP contribution in [-0.4, -0.2) is 39.3 Å². The van der Waals surface area contributed by atoms with E-state index in [2.05, 4.69) is 15.2 Å². The van der Waals surface area contributed by atoms with Gasteiger partial charge in [-0.15, -0.1) is 0 Å². The number of likely N-dealkylation sites (tertiary alicyclic amines) is 1. The van der Waals surface area contributed by atoms with E-state index in [0.29, 0.717) is 11.7 Å². The lowest BCUT2D eigenvalue weighted by Crippen LogP contribution is -2.42. The molecule has 0 spiro atoms. The highest BCUT2D eigenvalue weighted by Crippen LogP contribution is 2.27. The molecular formula is C21H24N4O2S. The van der Waals surface area contributed by atoms with Crippen LogP contribution in [0.1, 0.15) is 25.8 Å². The average molecular weight is 397 g/mol. The second-order valence-electron chi connectivity index (χ2n) is 6.89. The molecule has 0 atom stereocenters. The van der Waals surface area contributed by atoms with E-state index in [-0.39, 0.29) is 11.7 Å². The van der Waals surface area contributed by atoms with Crippen molar-refractivity contribution in [1.82, 2.24) is 14.5 Å². The maximum atomic E-state index is 12.4. The third-order valence-corrected chi connectivity index (χ3v) is 5.53. The summed E-state index contributed by atoms with van der Waals surface area (Å²) in [5.74, 6) is 0.799. The number of anilines is 1. The molecule has 0 bridgehead atoms. The number of aromatic nitrogens is 2. The van der Waals surface area contributed by atoms with Crippen LogP contribution in [-0.2, 0) is 0 Å². The number of imidazole rings is 1. The third-order valence-electron chi connectivity index (χ3n) is 5.17. The van der Waals surface area contributed by atoms with E-state index in [1.807, 2.05) is 60.0 Å². The van der Waals surface area contributed by atoms with Crippen molar-refractivity contribution >= 4 is 34.1 Å². The van der Waals surface area contributed by atoms with Gasteiger partial charge in [-0.25, -0.2) is 4.79 Å². The first-order valence-corrected chi connectivity index (χ1v) is 10.0. The van der Waals surface area contributed by atoms with Crippen LogP contribution < -0.4 is 15.7 Å². The summed E-state index contributed by atoms with van der Waals surface area (Å²) >= 11 is 5.63. The fourth-order valence-electron chi connectivity index (χ4n) is 3.81. The number of benzene rings is 2. The molecule has 2 aromatic carbocycles. The minimum atomic E-state index is -0.0361. The van der Waals surface area contributed by atoms with Gasteiger partial charge in [0.2, 0.25) is 0 Å². The number of ether oxygens (including phenoxy) is 1. The smallest absolute Gasteiger partial charge is 0.326 e. The summed E-state index contributed by atoms with van der Waals surface area (Å²) in [4.78, 5) is 17.5. The van der Waals surface area contributed by atoms with Crippen molar-refractivity contribution in [3.05, 3.63) is 59.0 Å². The molecule has 3 aromatic rings. The van der Waals surface area contributed by atoms with Gasteiger partial charge in [0.25, 0.3) is 0 Å². The normalized spacial score (nSPS) is 15.0. The summed E-state index contributed by atoms with van der Waals surface area (Å²) in [6, 6.07) is 15.8. The zero-order chi connectivity index (χ0) is 19.5. The Labute approximate surface area is 169 Å². The second-order valence-corrected chi connectivity index (χ2v) is 7.28. The van der Waals surface area contributed by atoms with Crippen LogP contribution in [0.3, 0.4) is 0 Å². The van der Waals surface area contributed by atoms with Gasteiger partial charge in [-0.3, -0.25) is 4.57 Å². The average Bonchev–Trinajstić information content (AvgIpc) is 3.05. The maximum absolute atomic E-state index is 12.4. The van der Waals surface area contributed by atoms with Gasteiger partial charge in [0, 0.05) is 19.1 Å². The largest absolute Gasteiger partial charge is 0.492 e. The topological polar surface area (TPSA) is 62.3 Å². The first kappa shape index (κ1) is 18.6. The molecule has 0 radical (unpaired) electrons. The molecule has 1 aliphatic rings. The quantitative estimate of drug-likeness (QED) is 0.658. The predicted molar refractivity (Wildman–Crippen MR) is 116 cm³/mol. The summed E-state index contributed by atoms with van der Waals surface area (Å²) in [5.41, 5.74) is 2.70. The fraction of sp³-hybridized carbons (Fsp3) is 0.333. The molecule has 1 fully saturated rings. The molecular weight excluding hydrogens is 372 g/mol. The van der Waals surface area contributed by atoms with Crippen LogP contribution >= 0.6 is 12.2 Å². The van der Waals surface area contributed by atoms with Gasteiger partial charge in [0.15, 0.2) is 5.11 Å². The molecule has 1 saturated heterocycles. The van der Waals surface area contributed by atoms with Crippen molar-refractivity contribution in [1.29, 1.82) is 0 Å².